The lowest BCUT2D eigenvalue weighted by molar-refractivity contribution is 0.0442. The fourth-order valence-corrected chi connectivity index (χ4v) is 1.48. The van der Waals surface area contributed by atoms with Gasteiger partial charge in [-0.2, -0.15) is 0 Å². The second-order valence-corrected chi connectivity index (χ2v) is 5.55. The predicted molar refractivity (Wildman–Crippen MR) is 74.9 cm³/mol. The number of hydrogen-bond donors (Lipinski definition) is 1. The molecule has 0 aliphatic carbocycles. The summed E-state index contributed by atoms with van der Waals surface area (Å²) in [6, 6.07) is 9.84. The van der Waals surface area contributed by atoms with Crippen molar-refractivity contribution >= 4 is 6.09 Å². The Bertz CT molecular complexity index is 384. The molecule has 0 spiro atoms. The smallest absolute Gasteiger partial charge is 0.407 e. The molecular formula is C15H23NO3. The summed E-state index contributed by atoms with van der Waals surface area (Å²) in [5.74, 6) is 0. The molecule has 1 amide bonds. The normalized spacial score (nSPS) is 12.8. The second-order valence-electron chi connectivity index (χ2n) is 5.55. The molecule has 4 nitrogen and oxygen atoms in total. The van der Waals surface area contributed by atoms with Gasteiger partial charge < -0.3 is 14.8 Å². The van der Waals surface area contributed by atoms with Gasteiger partial charge in [-0.1, -0.05) is 30.3 Å². The molecule has 0 saturated heterocycles. The maximum absolute atomic E-state index is 11.5. The molecule has 1 N–H and O–H groups in total. The number of nitrogens with one attached hydrogen (secondary N) is 1. The first-order valence-corrected chi connectivity index (χ1v) is 6.48. The van der Waals surface area contributed by atoms with Crippen LogP contribution in [0.1, 0.15) is 33.3 Å². The van der Waals surface area contributed by atoms with Gasteiger partial charge in [0.1, 0.15) is 5.60 Å². The highest BCUT2D eigenvalue weighted by Crippen LogP contribution is 2.07. The van der Waals surface area contributed by atoms with E-state index < -0.39 is 11.7 Å². The van der Waals surface area contributed by atoms with Crippen molar-refractivity contribution in [3.63, 3.8) is 0 Å². The van der Waals surface area contributed by atoms with Gasteiger partial charge in [0, 0.05) is 0 Å². The number of carbonyl (C=O) groups is 1. The Labute approximate surface area is 115 Å². The molecule has 19 heavy (non-hydrogen) atoms. The summed E-state index contributed by atoms with van der Waals surface area (Å²) in [5, 5.41) is 2.74. The molecule has 0 saturated carbocycles. The standard InChI is InChI=1S/C15H23NO3/c1-12(16-14(17)19-15(2,3)4)10-18-11-13-8-6-5-7-9-13/h5-9,12H,10-11H2,1-4H3,(H,16,17)/t12-/m1/s1. The van der Waals surface area contributed by atoms with Crippen LogP contribution < -0.4 is 5.32 Å². The average molecular weight is 265 g/mol. The van der Waals surface area contributed by atoms with Crippen molar-refractivity contribution in [3.8, 4) is 0 Å². The topological polar surface area (TPSA) is 47.6 Å². The largest absolute Gasteiger partial charge is 0.444 e. The molecular weight excluding hydrogens is 242 g/mol. The third-order valence-electron chi connectivity index (χ3n) is 2.24. The molecule has 1 atom stereocenters. The summed E-state index contributed by atoms with van der Waals surface area (Å²) >= 11 is 0. The highest BCUT2D eigenvalue weighted by molar-refractivity contribution is 5.68. The Morgan fingerprint density at radius 3 is 2.47 bits per heavy atom. The lowest BCUT2D eigenvalue weighted by Gasteiger charge is -2.21. The van der Waals surface area contributed by atoms with Crippen LogP contribution in [-0.4, -0.2) is 24.3 Å². The highest BCUT2D eigenvalue weighted by Gasteiger charge is 2.17. The van der Waals surface area contributed by atoms with Crippen molar-refractivity contribution in [1.29, 1.82) is 0 Å². The maximum atomic E-state index is 11.5. The zero-order chi connectivity index (χ0) is 14.3. The summed E-state index contributed by atoms with van der Waals surface area (Å²) in [4.78, 5) is 11.5. The Kier molecular flexibility index (Phi) is 5.83. The third-order valence-corrected chi connectivity index (χ3v) is 2.24. The minimum atomic E-state index is -0.477. The van der Waals surface area contributed by atoms with Crippen molar-refractivity contribution in [2.45, 2.75) is 45.9 Å². The van der Waals surface area contributed by atoms with Crippen molar-refractivity contribution < 1.29 is 14.3 Å². The summed E-state index contributed by atoms with van der Waals surface area (Å²) in [7, 11) is 0. The van der Waals surface area contributed by atoms with Gasteiger partial charge in [0.2, 0.25) is 0 Å². The fraction of sp³-hybridized carbons (Fsp3) is 0.533. The van der Waals surface area contributed by atoms with E-state index in [2.05, 4.69) is 5.32 Å². The van der Waals surface area contributed by atoms with Gasteiger partial charge in [-0.25, -0.2) is 4.79 Å². The molecule has 0 bridgehead atoms. The molecule has 0 aromatic heterocycles. The Hall–Kier alpha value is -1.55. The minimum Gasteiger partial charge on any atom is -0.444 e. The first-order valence-electron chi connectivity index (χ1n) is 6.48. The van der Waals surface area contributed by atoms with E-state index in [4.69, 9.17) is 9.47 Å². The Balaban J connectivity index is 2.21. The summed E-state index contributed by atoms with van der Waals surface area (Å²) in [5.41, 5.74) is 0.640. The van der Waals surface area contributed by atoms with E-state index in [-0.39, 0.29) is 6.04 Å². The van der Waals surface area contributed by atoms with Crippen LogP contribution in [-0.2, 0) is 16.1 Å². The zero-order valence-electron chi connectivity index (χ0n) is 12.1. The van der Waals surface area contributed by atoms with Gasteiger partial charge in [0.05, 0.1) is 19.3 Å². The molecule has 0 unspecified atom stereocenters. The Morgan fingerprint density at radius 1 is 1.26 bits per heavy atom. The molecule has 4 heteroatoms. The van der Waals surface area contributed by atoms with Gasteiger partial charge in [-0.15, -0.1) is 0 Å². The van der Waals surface area contributed by atoms with Gasteiger partial charge in [-0.05, 0) is 33.3 Å². The number of amides is 1. The molecule has 0 aliphatic rings. The SMILES string of the molecule is C[C@H](COCc1ccccc1)NC(=O)OC(C)(C)C. The molecule has 1 rings (SSSR count). The highest BCUT2D eigenvalue weighted by atomic mass is 16.6. The van der Waals surface area contributed by atoms with Crippen molar-refractivity contribution in [2.24, 2.45) is 0 Å². The van der Waals surface area contributed by atoms with E-state index in [0.29, 0.717) is 13.2 Å². The van der Waals surface area contributed by atoms with Crippen molar-refractivity contribution in [2.75, 3.05) is 6.61 Å². The van der Waals surface area contributed by atoms with E-state index in [1.165, 1.54) is 0 Å². The van der Waals surface area contributed by atoms with Crippen molar-refractivity contribution in [3.05, 3.63) is 35.9 Å². The van der Waals surface area contributed by atoms with E-state index in [1.807, 2.05) is 58.0 Å². The van der Waals surface area contributed by atoms with Crippen LogP contribution in [0.25, 0.3) is 0 Å². The van der Waals surface area contributed by atoms with Crippen LogP contribution >= 0.6 is 0 Å². The lowest BCUT2D eigenvalue weighted by Crippen LogP contribution is -2.39. The summed E-state index contributed by atoms with van der Waals surface area (Å²) < 4.78 is 10.7. The monoisotopic (exact) mass is 265 g/mol. The number of rotatable bonds is 5. The predicted octanol–water partition coefficient (Wildman–Crippen LogP) is 3.12. The van der Waals surface area contributed by atoms with E-state index in [0.717, 1.165) is 5.56 Å². The fourth-order valence-electron chi connectivity index (χ4n) is 1.48. The molecule has 0 heterocycles. The third kappa shape index (κ3) is 7.47. The molecule has 106 valence electrons. The zero-order valence-corrected chi connectivity index (χ0v) is 12.1. The number of benzene rings is 1. The van der Waals surface area contributed by atoms with E-state index >= 15 is 0 Å². The molecule has 1 aromatic carbocycles. The van der Waals surface area contributed by atoms with Gasteiger partial charge in [-0.3, -0.25) is 0 Å². The van der Waals surface area contributed by atoms with Crippen LogP contribution in [0.5, 0.6) is 0 Å². The van der Waals surface area contributed by atoms with Crippen LogP contribution in [0.15, 0.2) is 30.3 Å². The summed E-state index contributed by atoms with van der Waals surface area (Å²) in [6.45, 7) is 8.39. The van der Waals surface area contributed by atoms with Gasteiger partial charge in [0.25, 0.3) is 0 Å². The quantitative estimate of drug-likeness (QED) is 0.889. The van der Waals surface area contributed by atoms with Gasteiger partial charge in [0.15, 0.2) is 0 Å². The van der Waals surface area contributed by atoms with E-state index in [1.54, 1.807) is 0 Å². The van der Waals surface area contributed by atoms with Crippen LogP contribution in [0.2, 0.25) is 0 Å². The molecule has 0 radical (unpaired) electrons. The van der Waals surface area contributed by atoms with Crippen molar-refractivity contribution in [1.82, 2.24) is 5.32 Å². The molecule has 1 aromatic rings. The first-order chi connectivity index (χ1) is 8.87. The molecule has 0 aliphatic heterocycles. The number of ether oxygens (including phenoxy) is 2. The Morgan fingerprint density at radius 2 is 1.89 bits per heavy atom. The molecule has 0 fully saturated rings. The minimum absolute atomic E-state index is 0.0847. The van der Waals surface area contributed by atoms with E-state index in [9.17, 15) is 4.79 Å². The first kappa shape index (κ1) is 15.5. The average Bonchev–Trinajstić information content (AvgIpc) is 2.27. The number of hydrogen-bond acceptors (Lipinski definition) is 3. The maximum Gasteiger partial charge on any atom is 0.407 e. The van der Waals surface area contributed by atoms with Gasteiger partial charge >= 0.3 is 6.09 Å². The van der Waals surface area contributed by atoms with Crippen LogP contribution in [0.3, 0.4) is 0 Å². The second kappa shape index (κ2) is 7.14. The number of carbonyl (C=O) groups excluding carboxylic acids is 1. The van der Waals surface area contributed by atoms with Crippen LogP contribution in [0.4, 0.5) is 4.79 Å². The number of alkyl carbamates (subject to hydrolysis) is 1. The van der Waals surface area contributed by atoms with Crippen LogP contribution in [0, 0.1) is 0 Å². The summed E-state index contributed by atoms with van der Waals surface area (Å²) in [6.07, 6.45) is -0.414. The lowest BCUT2D eigenvalue weighted by atomic mass is 10.2.